The van der Waals surface area contributed by atoms with Gasteiger partial charge in [0.25, 0.3) is 0 Å². The molecule has 0 spiro atoms. The Bertz CT molecular complexity index is 2080. The number of rotatable bonds is 14. The van der Waals surface area contributed by atoms with Crippen molar-refractivity contribution in [2.24, 2.45) is 5.92 Å². The van der Waals surface area contributed by atoms with E-state index in [9.17, 15) is 53.7 Å². The SMILES string of the molecule is O=S(=O)(C[C@@H]1OC(CO)[C@@H](O[C@@H]2OC(CO)[C@@H](O)C(O)C2O)C(O)C1O)c1ccc(-c2ccc([C@@H]3[C@@H](CC[C@H](O)c4ccc(F)cc4)CN3c3ccccc3)cc2)cc1. The van der Waals surface area contributed by atoms with E-state index < -0.39 is 96.1 Å². The normalized spacial score (nSPS) is 31.7. The van der Waals surface area contributed by atoms with Crippen molar-refractivity contribution in [3.05, 3.63) is 120 Å². The zero-order valence-electron chi connectivity index (χ0n) is 31.9. The largest absolute Gasteiger partial charge is 0.394 e. The van der Waals surface area contributed by atoms with E-state index in [2.05, 4.69) is 17.0 Å². The second kappa shape index (κ2) is 18.4. The van der Waals surface area contributed by atoms with Gasteiger partial charge in [0, 0.05) is 18.2 Å². The molecule has 3 aliphatic rings. The summed E-state index contributed by atoms with van der Waals surface area (Å²) in [4.78, 5) is 2.26. The second-order valence-electron chi connectivity index (χ2n) is 15.4. The van der Waals surface area contributed by atoms with Gasteiger partial charge >= 0.3 is 0 Å². The number of ether oxygens (including phenoxy) is 3. The van der Waals surface area contributed by atoms with Crippen LogP contribution in [-0.4, -0.2) is 136 Å². The highest BCUT2D eigenvalue weighted by Crippen LogP contribution is 2.45. The molecule has 318 valence electrons. The highest BCUT2D eigenvalue weighted by atomic mass is 32.2. The highest BCUT2D eigenvalue weighted by molar-refractivity contribution is 7.91. The molecule has 7 rings (SSSR count). The van der Waals surface area contributed by atoms with Gasteiger partial charge in [0.2, 0.25) is 0 Å². The molecule has 0 bridgehead atoms. The molecule has 3 aliphatic heterocycles. The Morgan fingerprint density at radius 1 is 0.712 bits per heavy atom. The van der Waals surface area contributed by atoms with Crippen LogP contribution in [0.25, 0.3) is 11.1 Å². The van der Waals surface area contributed by atoms with Crippen LogP contribution in [0, 0.1) is 11.7 Å². The molecular formula is C43H50FNO13S. The maximum Gasteiger partial charge on any atom is 0.187 e. The van der Waals surface area contributed by atoms with Gasteiger partial charge < -0.3 is 60.0 Å². The number of aliphatic hydroxyl groups excluding tert-OH is 8. The number of anilines is 1. The van der Waals surface area contributed by atoms with Crippen LogP contribution < -0.4 is 4.90 Å². The smallest absolute Gasteiger partial charge is 0.187 e. The number of hydrogen-bond donors (Lipinski definition) is 8. The molecule has 0 saturated carbocycles. The third-order valence-electron chi connectivity index (χ3n) is 11.7. The summed E-state index contributed by atoms with van der Waals surface area (Å²) in [5.74, 6) is -0.859. The van der Waals surface area contributed by atoms with Gasteiger partial charge in [-0.05, 0) is 71.5 Å². The van der Waals surface area contributed by atoms with Crippen molar-refractivity contribution in [2.75, 3.05) is 30.4 Å². The van der Waals surface area contributed by atoms with Crippen molar-refractivity contribution < 1.29 is 67.9 Å². The highest BCUT2D eigenvalue weighted by Gasteiger charge is 2.51. The molecule has 0 aliphatic carbocycles. The number of aliphatic hydroxyl groups is 8. The Morgan fingerprint density at radius 3 is 1.95 bits per heavy atom. The zero-order valence-corrected chi connectivity index (χ0v) is 32.7. The van der Waals surface area contributed by atoms with Crippen LogP contribution >= 0.6 is 0 Å². The summed E-state index contributed by atoms with van der Waals surface area (Å²) in [5, 5.41) is 82.8. The van der Waals surface area contributed by atoms with Crippen molar-refractivity contribution in [1.29, 1.82) is 0 Å². The molecule has 6 unspecified atom stereocenters. The molecular weight excluding hydrogens is 790 g/mol. The Labute approximate surface area is 341 Å². The van der Waals surface area contributed by atoms with Crippen LogP contribution in [0.3, 0.4) is 0 Å². The van der Waals surface area contributed by atoms with E-state index in [0.717, 1.165) is 35.3 Å². The number of hydrogen-bond acceptors (Lipinski definition) is 14. The molecule has 13 atom stereocenters. The quantitative estimate of drug-likeness (QED) is 0.0904. The molecule has 0 radical (unpaired) electrons. The fraction of sp³-hybridized carbons (Fsp3) is 0.442. The summed E-state index contributed by atoms with van der Waals surface area (Å²) in [5.41, 5.74) is 4.44. The average molecular weight is 840 g/mol. The third-order valence-corrected chi connectivity index (χ3v) is 13.4. The van der Waals surface area contributed by atoms with E-state index in [1.54, 1.807) is 24.3 Å². The Balaban J connectivity index is 1.00. The molecule has 0 amide bonds. The molecule has 59 heavy (non-hydrogen) atoms. The standard InChI is InChI=1S/C43H50FNO13S/c44-29-15-10-26(11-16-29)32(48)19-14-28-20-45(30-4-2-1-3-5-30)36(28)27-8-6-24(7-9-27)25-12-17-31(18-13-25)59(54,55)23-35-38(50)40(52)42(34(22-47)56-35)58-43-41(53)39(51)37(49)33(21-46)57-43/h1-13,15-18,28,32-43,46-53H,14,19-23H2/t28-,32-,33?,34?,35-,36+,37+,38?,39?,40?,41?,42+,43-/m0/s1. The van der Waals surface area contributed by atoms with Gasteiger partial charge in [-0.3, -0.25) is 0 Å². The summed E-state index contributed by atoms with van der Waals surface area (Å²) >= 11 is 0. The minimum Gasteiger partial charge on any atom is -0.394 e. The van der Waals surface area contributed by atoms with Crippen molar-refractivity contribution in [1.82, 2.24) is 0 Å². The second-order valence-corrected chi connectivity index (χ2v) is 17.5. The van der Waals surface area contributed by atoms with Gasteiger partial charge in [0.15, 0.2) is 16.1 Å². The fourth-order valence-corrected chi connectivity index (χ4v) is 9.69. The zero-order chi connectivity index (χ0) is 42.0. The van der Waals surface area contributed by atoms with Gasteiger partial charge in [-0.15, -0.1) is 0 Å². The summed E-state index contributed by atoms with van der Waals surface area (Å²) in [6, 6.07) is 30.3. The molecule has 8 N–H and O–H groups in total. The van der Waals surface area contributed by atoms with E-state index in [-0.39, 0.29) is 22.7 Å². The molecule has 3 heterocycles. The lowest BCUT2D eigenvalue weighted by Crippen LogP contribution is -2.65. The van der Waals surface area contributed by atoms with E-state index in [1.807, 2.05) is 42.5 Å². The van der Waals surface area contributed by atoms with Gasteiger partial charge in [-0.1, -0.05) is 66.7 Å². The number of para-hydroxylation sites is 1. The van der Waals surface area contributed by atoms with Gasteiger partial charge in [0.05, 0.1) is 36.0 Å². The molecule has 14 nitrogen and oxygen atoms in total. The predicted molar refractivity (Wildman–Crippen MR) is 211 cm³/mol. The van der Waals surface area contributed by atoms with Crippen molar-refractivity contribution in [3.8, 4) is 11.1 Å². The van der Waals surface area contributed by atoms with E-state index in [4.69, 9.17) is 14.2 Å². The first-order chi connectivity index (χ1) is 28.3. The number of benzene rings is 4. The molecule has 4 aromatic carbocycles. The topological polar surface area (TPSA) is 227 Å². The molecule has 0 aromatic heterocycles. The van der Waals surface area contributed by atoms with Crippen molar-refractivity contribution in [3.63, 3.8) is 0 Å². The van der Waals surface area contributed by atoms with Crippen LogP contribution in [0.4, 0.5) is 10.1 Å². The van der Waals surface area contributed by atoms with E-state index >= 15 is 0 Å². The summed E-state index contributed by atoms with van der Waals surface area (Å²) in [6.07, 6.45) is -15.8. The first kappa shape index (κ1) is 43.2. The Morgan fingerprint density at radius 2 is 1.32 bits per heavy atom. The maximum absolute atomic E-state index is 13.6. The minimum absolute atomic E-state index is 0.0512. The summed E-state index contributed by atoms with van der Waals surface area (Å²) in [7, 11) is -4.12. The van der Waals surface area contributed by atoms with Gasteiger partial charge in [-0.2, -0.15) is 0 Å². The van der Waals surface area contributed by atoms with Crippen molar-refractivity contribution in [2.45, 2.75) is 91.1 Å². The number of halogens is 1. The lowest BCUT2D eigenvalue weighted by atomic mass is 9.79. The van der Waals surface area contributed by atoms with Crippen LogP contribution in [0.1, 0.15) is 36.1 Å². The van der Waals surface area contributed by atoms with Crippen LogP contribution in [0.15, 0.2) is 108 Å². The lowest BCUT2D eigenvalue weighted by molar-refractivity contribution is -0.341. The average Bonchev–Trinajstić information content (AvgIpc) is 3.24. The van der Waals surface area contributed by atoms with Crippen LogP contribution in [0.5, 0.6) is 0 Å². The van der Waals surface area contributed by atoms with Crippen molar-refractivity contribution >= 4 is 15.5 Å². The number of sulfone groups is 1. The van der Waals surface area contributed by atoms with Gasteiger partial charge in [0.1, 0.15) is 60.8 Å². The first-order valence-corrected chi connectivity index (χ1v) is 21.2. The fourth-order valence-electron chi connectivity index (χ4n) is 8.24. The summed E-state index contributed by atoms with van der Waals surface area (Å²) in [6.45, 7) is -0.720. The Kier molecular flexibility index (Phi) is 13.5. The van der Waals surface area contributed by atoms with E-state index in [0.29, 0.717) is 12.0 Å². The molecule has 4 aromatic rings. The van der Waals surface area contributed by atoms with Crippen LogP contribution in [0.2, 0.25) is 0 Å². The lowest BCUT2D eigenvalue weighted by Gasteiger charge is -2.50. The minimum atomic E-state index is -4.12. The molecule has 3 fully saturated rings. The number of nitrogens with zero attached hydrogens (tertiary/aromatic N) is 1. The van der Waals surface area contributed by atoms with E-state index in [1.165, 1.54) is 24.3 Å². The summed E-state index contributed by atoms with van der Waals surface area (Å²) < 4.78 is 57.2. The van der Waals surface area contributed by atoms with Gasteiger partial charge in [-0.25, -0.2) is 12.8 Å². The first-order valence-electron chi connectivity index (χ1n) is 19.6. The predicted octanol–water partition coefficient (Wildman–Crippen LogP) is 1.62. The Hall–Kier alpha value is -3.88. The monoisotopic (exact) mass is 839 g/mol. The van der Waals surface area contributed by atoms with Crippen LogP contribution in [-0.2, 0) is 24.0 Å². The molecule has 16 heteroatoms. The maximum atomic E-state index is 13.6. The third kappa shape index (κ3) is 9.24. The molecule has 3 saturated heterocycles.